The molecule has 8 heteroatoms. The zero-order valence-corrected chi connectivity index (χ0v) is 18.2. The Morgan fingerprint density at radius 2 is 1.83 bits per heavy atom. The lowest BCUT2D eigenvalue weighted by Gasteiger charge is -2.18. The quantitative estimate of drug-likeness (QED) is 0.707. The molecular formula is C21H29N7O. The van der Waals surface area contributed by atoms with E-state index in [4.69, 9.17) is 0 Å². The summed E-state index contributed by atoms with van der Waals surface area (Å²) in [5, 5.41) is 9.90. The van der Waals surface area contributed by atoms with Crippen molar-refractivity contribution in [2.45, 2.75) is 58.9 Å². The lowest BCUT2D eigenvalue weighted by molar-refractivity contribution is 0.0945. The van der Waals surface area contributed by atoms with Crippen molar-refractivity contribution in [3.05, 3.63) is 47.4 Å². The fourth-order valence-electron chi connectivity index (χ4n) is 2.75. The number of aryl methyl sites for hydroxylation is 1. The van der Waals surface area contributed by atoms with Crippen LogP contribution in [0.1, 0.15) is 69.2 Å². The summed E-state index contributed by atoms with van der Waals surface area (Å²) in [6.45, 7) is 12.8. The highest BCUT2D eigenvalue weighted by molar-refractivity contribution is 5.92. The molecule has 0 atom stereocenters. The monoisotopic (exact) mass is 395 g/mol. The topological polar surface area (TPSA) is 101 Å². The number of rotatable bonds is 4. The summed E-state index contributed by atoms with van der Waals surface area (Å²) in [5.41, 5.74) is 2.09. The number of carbonyl (C=O) groups is 1. The molecule has 3 aromatic rings. The van der Waals surface area contributed by atoms with Gasteiger partial charge in [-0.2, -0.15) is 5.10 Å². The molecular weight excluding hydrogens is 366 g/mol. The standard InChI is InChI=1S/C21H29N7O/c1-20(2,3)13-8-9-14(22-10-13)17-24-15(12-28(17)7)18(29)23-11-16-25-19(27-26-16)21(4,5)6/h8-10,12H,11H2,1-7H3,(H,23,29)(H,25,26,27). The number of aromatic amines is 1. The predicted octanol–water partition coefficient (Wildman–Crippen LogP) is 3.13. The molecule has 0 aromatic carbocycles. The Labute approximate surface area is 171 Å². The maximum absolute atomic E-state index is 12.5. The lowest BCUT2D eigenvalue weighted by atomic mass is 9.88. The molecule has 3 rings (SSSR count). The number of H-pyrrole nitrogens is 1. The first kappa shape index (κ1) is 20.7. The van der Waals surface area contributed by atoms with E-state index in [0.29, 0.717) is 23.2 Å². The van der Waals surface area contributed by atoms with Gasteiger partial charge in [0.2, 0.25) is 0 Å². The minimum absolute atomic E-state index is 0.0335. The van der Waals surface area contributed by atoms with Gasteiger partial charge in [0.15, 0.2) is 11.6 Å². The predicted molar refractivity (Wildman–Crippen MR) is 111 cm³/mol. The first-order valence-electron chi connectivity index (χ1n) is 9.65. The molecule has 0 aliphatic heterocycles. The number of nitrogens with zero attached hydrogens (tertiary/aromatic N) is 5. The lowest BCUT2D eigenvalue weighted by Crippen LogP contribution is -2.24. The zero-order valence-electron chi connectivity index (χ0n) is 18.2. The van der Waals surface area contributed by atoms with E-state index in [1.165, 1.54) is 0 Å². The molecule has 0 saturated carbocycles. The van der Waals surface area contributed by atoms with E-state index in [9.17, 15) is 4.79 Å². The van der Waals surface area contributed by atoms with E-state index < -0.39 is 0 Å². The molecule has 29 heavy (non-hydrogen) atoms. The fraction of sp³-hybridized carbons (Fsp3) is 0.476. The van der Waals surface area contributed by atoms with Gasteiger partial charge in [-0.05, 0) is 17.0 Å². The Hall–Kier alpha value is -3.03. The molecule has 0 fully saturated rings. The molecule has 0 bridgehead atoms. The maximum Gasteiger partial charge on any atom is 0.271 e. The Balaban J connectivity index is 1.71. The van der Waals surface area contributed by atoms with Crippen LogP contribution in [0.25, 0.3) is 11.5 Å². The van der Waals surface area contributed by atoms with Crippen molar-refractivity contribution in [2.24, 2.45) is 7.05 Å². The van der Waals surface area contributed by atoms with Gasteiger partial charge in [0, 0.05) is 24.9 Å². The highest BCUT2D eigenvalue weighted by Crippen LogP contribution is 2.24. The van der Waals surface area contributed by atoms with Gasteiger partial charge in [0.05, 0.1) is 6.54 Å². The van der Waals surface area contributed by atoms with E-state index in [-0.39, 0.29) is 23.3 Å². The molecule has 3 aromatic heterocycles. The summed E-state index contributed by atoms with van der Waals surface area (Å²) >= 11 is 0. The fourth-order valence-corrected chi connectivity index (χ4v) is 2.75. The Kier molecular flexibility index (Phi) is 5.30. The molecule has 1 amide bonds. The second-order valence-corrected chi connectivity index (χ2v) is 9.28. The number of imidazole rings is 1. The van der Waals surface area contributed by atoms with Crippen molar-refractivity contribution < 1.29 is 4.79 Å². The van der Waals surface area contributed by atoms with Gasteiger partial charge in [0.1, 0.15) is 17.2 Å². The summed E-state index contributed by atoms with van der Waals surface area (Å²) in [6, 6.07) is 3.99. The number of hydrogen-bond acceptors (Lipinski definition) is 5. The normalized spacial score (nSPS) is 12.2. The van der Waals surface area contributed by atoms with Gasteiger partial charge in [-0.25, -0.2) is 9.97 Å². The summed E-state index contributed by atoms with van der Waals surface area (Å²) in [6.07, 6.45) is 3.56. The average Bonchev–Trinajstić information content (AvgIpc) is 3.25. The van der Waals surface area contributed by atoms with E-state index >= 15 is 0 Å². The third-order valence-electron chi connectivity index (χ3n) is 4.59. The highest BCUT2D eigenvalue weighted by Gasteiger charge is 2.20. The number of aromatic nitrogens is 6. The van der Waals surface area contributed by atoms with Crippen molar-refractivity contribution in [3.63, 3.8) is 0 Å². The third kappa shape index (κ3) is 4.70. The number of hydrogen-bond donors (Lipinski definition) is 2. The van der Waals surface area contributed by atoms with Gasteiger partial charge < -0.3 is 9.88 Å². The first-order chi connectivity index (χ1) is 13.4. The number of pyridine rings is 1. The van der Waals surface area contributed by atoms with E-state index in [1.807, 2.05) is 46.1 Å². The molecule has 0 aliphatic rings. The van der Waals surface area contributed by atoms with Crippen molar-refractivity contribution in [1.82, 2.24) is 35.0 Å². The second kappa shape index (κ2) is 7.42. The molecule has 3 heterocycles. The minimum Gasteiger partial charge on any atom is -0.343 e. The molecule has 154 valence electrons. The van der Waals surface area contributed by atoms with Crippen LogP contribution in [0.2, 0.25) is 0 Å². The summed E-state index contributed by atoms with van der Waals surface area (Å²) in [5.74, 6) is 1.70. The van der Waals surface area contributed by atoms with Gasteiger partial charge in [0.25, 0.3) is 5.91 Å². The van der Waals surface area contributed by atoms with Crippen LogP contribution in [0.3, 0.4) is 0 Å². The van der Waals surface area contributed by atoms with E-state index in [1.54, 1.807) is 10.8 Å². The van der Waals surface area contributed by atoms with Crippen LogP contribution in [0.4, 0.5) is 0 Å². The van der Waals surface area contributed by atoms with Gasteiger partial charge in [-0.1, -0.05) is 47.6 Å². The Bertz CT molecular complexity index is 1000. The SMILES string of the molecule is Cn1cc(C(=O)NCc2nc(C(C)(C)C)n[nH]2)nc1-c1ccc(C(C)(C)C)cn1. The Morgan fingerprint density at radius 1 is 1.10 bits per heavy atom. The van der Waals surface area contributed by atoms with Crippen LogP contribution in [-0.2, 0) is 24.4 Å². The second-order valence-electron chi connectivity index (χ2n) is 9.28. The van der Waals surface area contributed by atoms with Crippen molar-refractivity contribution in [2.75, 3.05) is 0 Å². The van der Waals surface area contributed by atoms with Crippen LogP contribution in [0, 0.1) is 0 Å². The van der Waals surface area contributed by atoms with E-state index in [2.05, 4.69) is 51.2 Å². The van der Waals surface area contributed by atoms with Crippen LogP contribution < -0.4 is 5.32 Å². The smallest absolute Gasteiger partial charge is 0.271 e. The highest BCUT2D eigenvalue weighted by atomic mass is 16.1. The molecule has 2 N–H and O–H groups in total. The van der Waals surface area contributed by atoms with Crippen LogP contribution in [-0.4, -0.2) is 35.6 Å². The van der Waals surface area contributed by atoms with Gasteiger partial charge >= 0.3 is 0 Å². The largest absolute Gasteiger partial charge is 0.343 e. The van der Waals surface area contributed by atoms with Gasteiger partial charge in [-0.3, -0.25) is 14.9 Å². The van der Waals surface area contributed by atoms with Crippen molar-refractivity contribution in [3.8, 4) is 11.5 Å². The number of nitrogens with one attached hydrogen (secondary N) is 2. The maximum atomic E-state index is 12.5. The van der Waals surface area contributed by atoms with Crippen LogP contribution in [0.15, 0.2) is 24.5 Å². The van der Waals surface area contributed by atoms with Gasteiger partial charge in [-0.15, -0.1) is 0 Å². The summed E-state index contributed by atoms with van der Waals surface area (Å²) in [4.78, 5) is 26.0. The van der Waals surface area contributed by atoms with Crippen molar-refractivity contribution in [1.29, 1.82) is 0 Å². The molecule has 8 nitrogen and oxygen atoms in total. The summed E-state index contributed by atoms with van der Waals surface area (Å²) < 4.78 is 1.81. The van der Waals surface area contributed by atoms with Crippen molar-refractivity contribution >= 4 is 5.91 Å². The average molecular weight is 396 g/mol. The number of carbonyl (C=O) groups excluding carboxylic acids is 1. The first-order valence-corrected chi connectivity index (χ1v) is 9.65. The Morgan fingerprint density at radius 3 is 2.38 bits per heavy atom. The summed E-state index contributed by atoms with van der Waals surface area (Å²) in [7, 11) is 1.85. The molecule has 0 spiro atoms. The minimum atomic E-state index is -0.271. The molecule has 0 aliphatic carbocycles. The molecule has 0 radical (unpaired) electrons. The number of amides is 1. The van der Waals surface area contributed by atoms with Crippen LogP contribution in [0.5, 0.6) is 0 Å². The molecule has 0 saturated heterocycles. The zero-order chi connectivity index (χ0) is 21.4. The molecule has 0 unspecified atom stereocenters. The van der Waals surface area contributed by atoms with Crippen LogP contribution >= 0.6 is 0 Å². The third-order valence-corrected chi connectivity index (χ3v) is 4.59. The van der Waals surface area contributed by atoms with E-state index in [0.717, 1.165) is 11.3 Å².